The Labute approximate surface area is 188 Å². The number of hydrogen-bond acceptors (Lipinski definition) is 8. The molecule has 0 atom stereocenters. The average Bonchev–Trinajstić information content (AvgIpc) is 2.85. The standard InChI is InChI=1S/C23H21N5O5/c1-31-16-7-4-14(5-8-16)21-24-11-17-22(27-21)25-13-28(23(17)30)12-20(29)26-15-6-9-18(32-2)19(10-15)33-3/h4-11,13H,12H2,1-3H3,(H,26,29). The van der Waals surface area contributed by atoms with Crippen molar-refractivity contribution < 1.29 is 19.0 Å². The summed E-state index contributed by atoms with van der Waals surface area (Å²) in [6.07, 6.45) is 2.71. The van der Waals surface area contributed by atoms with E-state index in [1.54, 1.807) is 37.4 Å². The van der Waals surface area contributed by atoms with Crippen molar-refractivity contribution in [1.82, 2.24) is 19.5 Å². The topological polar surface area (TPSA) is 117 Å². The Morgan fingerprint density at radius 2 is 1.73 bits per heavy atom. The van der Waals surface area contributed by atoms with E-state index in [0.29, 0.717) is 28.8 Å². The number of fused-ring (bicyclic) bond motifs is 1. The molecule has 168 valence electrons. The SMILES string of the molecule is COc1ccc(-c2ncc3c(=O)n(CC(=O)Nc4ccc(OC)c(OC)c4)cnc3n2)cc1. The molecule has 10 heteroatoms. The zero-order valence-corrected chi connectivity index (χ0v) is 18.2. The molecule has 0 aliphatic carbocycles. The van der Waals surface area contributed by atoms with Crippen molar-refractivity contribution in [2.45, 2.75) is 6.54 Å². The fourth-order valence-electron chi connectivity index (χ4n) is 3.21. The Morgan fingerprint density at radius 1 is 0.970 bits per heavy atom. The van der Waals surface area contributed by atoms with Gasteiger partial charge in [-0.3, -0.25) is 14.2 Å². The van der Waals surface area contributed by atoms with Crippen molar-refractivity contribution in [2.24, 2.45) is 0 Å². The second-order valence-corrected chi connectivity index (χ2v) is 6.95. The summed E-state index contributed by atoms with van der Waals surface area (Å²) in [6, 6.07) is 12.2. The maximum absolute atomic E-state index is 12.8. The summed E-state index contributed by atoms with van der Waals surface area (Å²) in [5, 5.41) is 2.94. The highest BCUT2D eigenvalue weighted by molar-refractivity contribution is 5.91. The van der Waals surface area contributed by atoms with Crippen molar-refractivity contribution in [1.29, 1.82) is 0 Å². The molecule has 0 bridgehead atoms. The third kappa shape index (κ3) is 4.59. The highest BCUT2D eigenvalue weighted by atomic mass is 16.5. The minimum atomic E-state index is -0.413. The Bertz CT molecular complexity index is 1370. The lowest BCUT2D eigenvalue weighted by Gasteiger charge is -2.11. The zero-order chi connectivity index (χ0) is 23.4. The van der Waals surface area contributed by atoms with Gasteiger partial charge in [0.2, 0.25) is 5.91 Å². The monoisotopic (exact) mass is 447 g/mol. The molecule has 0 unspecified atom stereocenters. The molecule has 2 heterocycles. The van der Waals surface area contributed by atoms with E-state index < -0.39 is 11.5 Å². The van der Waals surface area contributed by atoms with Gasteiger partial charge < -0.3 is 19.5 Å². The van der Waals surface area contributed by atoms with Gasteiger partial charge in [0, 0.05) is 23.5 Å². The number of benzene rings is 2. The highest BCUT2D eigenvalue weighted by Crippen LogP contribution is 2.29. The first-order chi connectivity index (χ1) is 16.0. The van der Waals surface area contributed by atoms with Gasteiger partial charge in [-0.1, -0.05) is 0 Å². The molecule has 10 nitrogen and oxygen atoms in total. The van der Waals surface area contributed by atoms with Gasteiger partial charge in [0.05, 0.1) is 21.3 Å². The van der Waals surface area contributed by atoms with Gasteiger partial charge in [-0.25, -0.2) is 15.0 Å². The van der Waals surface area contributed by atoms with Gasteiger partial charge >= 0.3 is 0 Å². The van der Waals surface area contributed by atoms with Crippen LogP contribution in [0.5, 0.6) is 17.2 Å². The van der Waals surface area contributed by atoms with E-state index in [1.165, 1.54) is 31.3 Å². The molecule has 4 rings (SSSR count). The molecule has 33 heavy (non-hydrogen) atoms. The van der Waals surface area contributed by atoms with Crippen molar-refractivity contribution in [3.05, 3.63) is 65.3 Å². The number of nitrogens with one attached hydrogen (secondary N) is 1. The van der Waals surface area contributed by atoms with Gasteiger partial charge in [-0.05, 0) is 36.4 Å². The first kappa shape index (κ1) is 21.8. The van der Waals surface area contributed by atoms with E-state index in [2.05, 4.69) is 20.3 Å². The molecule has 0 aliphatic rings. The Morgan fingerprint density at radius 3 is 2.42 bits per heavy atom. The minimum absolute atomic E-state index is 0.216. The molecule has 2 aromatic carbocycles. The molecular weight excluding hydrogens is 426 g/mol. The summed E-state index contributed by atoms with van der Waals surface area (Å²) in [6.45, 7) is -0.226. The third-order valence-electron chi connectivity index (χ3n) is 4.91. The Kier molecular flexibility index (Phi) is 6.16. The lowest BCUT2D eigenvalue weighted by atomic mass is 10.2. The molecule has 0 spiro atoms. The Balaban J connectivity index is 1.54. The molecule has 0 aliphatic heterocycles. The van der Waals surface area contributed by atoms with E-state index in [9.17, 15) is 9.59 Å². The van der Waals surface area contributed by atoms with Gasteiger partial charge in [-0.2, -0.15) is 0 Å². The van der Waals surface area contributed by atoms with E-state index in [0.717, 1.165) is 5.56 Å². The van der Waals surface area contributed by atoms with Crippen LogP contribution < -0.4 is 25.1 Å². The largest absolute Gasteiger partial charge is 0.497 e. The average molecular weight is 447 g/mol. The van der Waals surface area contributed by atoms with Crippen molar-refractivity contribution >= 4 is 22.6 Å². The van der Waals surface area contributed by atoms with Crippen molar-refractivity contribution in [3.8, 4) is 28.6 Å². The molecule has 0 radical (unpaired) electrons. The van der Waals surface area contributed by atoms with Gasteiger partial charge in [0.1, 0.15) is 24.0 Å². The van der Waals surface area contributed by atoms with Gasteiger partial charge in [-0.15, -0.1) is 0 Å². The Hall–Kier alpha value is -4.47. The van der Waals surface area contributed by atoms with Crippen molar-refractivity contribution in [2.75, 3.05) is 26.6 Å². The number of hydrogen-bond donors (Lipinski definition) is 1. The number of rotatable bonds is 7. The van der Waals surface area contributed by atoms with Crippen LogP contribution in [0.15, 0.2) is 59.8 Å². The van der Waals surface area contributed by atoms with E-state index >= 15 is 0 Å². The third-order valence-corrected chi connectivity index (χ3v) is 4.91. The van der Waals surface area contributed by atoms with Crippen molar-refractivity contribution in [3.63, 3.8) is 0 Å². The van der Waals surface area contributed by atoms with Crippen LogP contribution in [0.2, 0.25) is 0 Å². The lowest BCUT2D eigenvalue weighted by Crippen LogP contribution is -2.28. The second kappa shape index (κ2) is 9.35. The summed E-state index contributed by atoms with van der Waals surface area (Å²) < 4.78 is 16.8. The molecule has 1 N–H and O–H groups in total. The highest BCUT2D eigenvalue weighted by Gasteiger charge is 2.13. The first-order valence-corrected chi connectivity index (χ1v) is 9.91. The van der Waals surface area contributed by atoms with E-state index in [1.807, 2.05) is 12.1 Å². The number of aromatic nitrogens is 4. The van der Waals surface area contributed by atoms with Gasteiger partial charge in [0.15, 0.2) is 23.0 Å². The molecular formula is C23H21N5O5. The molecule has 0 fully saturated rings. The second-order valence-electron chi connectivity index (χ2n) is 6.95. The summed E-state index contributed by atoms with van der Waals surface area (Å²) >= 11 is 0. The molecule has 0 saturated carbocycles. The predicted octanol–water partition coefficient (Wildman–Crippen LogP) is 2.52. The smallest absolute Gasteiger partial charge is 0.264 e. The first-order valence-electron chi connectivity index (χ1n) is 9.91. The molecule has 2 aromatic heterocycles. The summed E-state index contributed by atoms with van der Waals surface area (Å²) in [4.78, 5) is 38.3. The lowest BCUT2D eigenvalue weighted by molar-refractivity contribution is -0.116. The molecule has 0 saturated heterocycles. The summed E-state index contributed by atoms with van der Waals surface area (Å²) in [7, 11) is 4.62. The maximum Gasteiger partial charge on any atom is 0.264 e. The van der Waals surface area contributed by atoms with E-state index in [4.69, 9.17) is 14.2 Å². The van der Waals surface area contributed by atoms with Crippen LogP contribution in [0.4, 0.5) is 5.69 Å². The molecule has 4 aromatic rings. The minimum Gasteiger partial charge on any atom is -0.497 e. The quantitative estimate of drug-likeness (QED) is 0.459. The summed E-state index contributed by atoms with van der Waals surface area (Å²) in [5.41, 5.74) is 1.10. The van der Waals surface area contributed by atoms with Crippen LogP contribution in [-0.4, -0.2) is 46.8 Å². The zero-order valence-electron chi connectivity index (χ0n) is 18.2. The number of nitrogens with zero attached hydrogens (tertiary/aromatic N) is 4. The van der Waals surface area contributed by atoms with Crippen LogP contribution in [0, 0.1) is 0 Å². The van der Waals surface area contributed by atoms with Gasteiger partial charge in [0.25, 0.3) is 5.56 Å². The van der Waals surface area contributed by atoms with Crippen LogP contribution in [-0.2, 0) is 11.3 Å². The van der Waals surface area contributed by atoms with E-state index in [-0.39, 0.29) is 17.6 Å². The predicted molar refractivity (Wildman–Crippen MR) is 122 cm³/mol. The van der Waals surface area contributed by atoms with Crippen LogP contribution in [0.3, 0.4) is 0 Å². The normalized spacial score (nSPS) is 10.6. The number of carbonyl (C=O) groups is 1. The van der Waals surface area contributed by atoms with Crippen LogP contribution in [0.1, 0.15) is 0 Å². The fraction of sp³-hybridized carbons (Fsp3) is 0.174. The number of amides is 1. The van der Waals surface area contributed by atoms with Crippen LogP contribution >= 0.6 is 0 Å². The summed E-state index contributed by atoms with van der Waals surface area (Å²) in [5.74, 6) is 1.76. The van der Waals surface area contributed by atoms with Crippen LogP contribution in [0.25, 0.3) is 22.4 Å². The maximum atomic E-state index is 12.8. The molecule has 1 amide bonds. The fourth-order valence-corrected chi connectivity index (χ4v) is 3.21. The number of ether oxygens (including phenoxy) is 3. The number of carbonyl (C=O) groups excluding carboxylic acids is 1. The number of methoxy groups -OCH3 is 3. The number of anilines is 1.